The Morgan fingerprint density at radius 1 is 1.39 bits per heavy atom. The summed E-state index contributed by atoms with van der Waals surface area (Å²) < 4.78 is 13.9. The lowest BCUT2D eigenvalue weighted by atomic mass is 9.89. The highest BCUT2D eigenvalue weighted by Gasteiger charge is 2.30. The minimum Gasteiger partial charge on any atom is -0.481 e. The predicted molar refractivity (Wildman–Crippen MR) is 82.7 cm³/mol. The van der Waals surface area contributed by atoms with E-state index in [1.165, 1.54) is 36.9 Å². The Balaban J connectivity index is 2.14. The molecule has 1 aromatic carbocycles. The van der Waals surface area contributed by atoms with Crippen LogP contribution in [0.3, 0.4) is 0 Å². The maximum Gasteiger partial charge on any atom is 0.309 e. The third-order valence-electron chi connectivity index (χ3n) is 3.78. The van der Waals surface area contributed by atoms with Gasteiger partial charge in [0.15, 0.2) is 0 Å². The third kappa shape index (κ3) is 3.85. The van der Waals surface area contributed by atoms with Gasteiger partial charge in [-0.15, -0.1) is 0 Å². The summed E-state index contributed by atoms with van der Waals surface area (Å²) >= 11 is 0. The van der Waals surface area contributed by atoms with Crippen LogP contribution < -0.4 is 10.2 Å². The highest BCUT2D eigenvalue weighted by atomic mass is 19.1. The summed E-state index contributed by atoms with van der Waals surface area (Å²) in [4.78, 5) is 36.1. The highest BCUT2D eigenvalue weighted by Crippen LogP contribution is 2.28. The molecule has 1 aromatic rings. The molecule has 1 fully saturated rings. The molecular weight excluding hydrogens is 303 g/mol. The van der Waals surface area contributed by atoms with Crippen molar-refractivity contribution < 1.29 is 23.9 Å². The van der Waals surface area contributed by atoms with E-state index < -0.39 is 23.1 Å². The fraction of sp³-hybridized carbons (Fsp3) is 0.438. The van der Waals surface area contributed by atoms with E-state index in [0.717, 1.165) is 0 Å². The Hall–Kier alpha value is -2.44. The van der Waals surface area contributed by atoms with Crippen molar-refractivity contribution in [2.24, 2.45) is 5.41 Å². The van der Waals surface area contributed by atoms with E-state index in [9.17, 15) is 18.8 Å². The molecule has 1 saturated heterocycles. The van der Waals surface area contributed by atoms with Gasteiger partial charge in [-0.25, -0.2) is 4.39 Å². The van der Waals surface area contributed by atoms with Gasteiger partial charge in [-0.3, -0.25) is 14.4 Å². The van der Waals surface area contributed by atoms with E-state index in [4.69, 9.17) is 5.11 Å². The fourth-order valence-corrected chi connectivity index (χ4v) is 2.38. The van der Waals surface area contributed by atoms with Crippen LogP contribution in [-0.2, 0) is 14.4 Å². The molecule has 6 nitrogen and oxygen atoms in total. The van der Waals surface area contributed by atoms with Crippen LogP contribution in [0.15, 0.2) is 18.2 Å². The average molecular weight is 322 g/mol. The fourth-order valence-electron chi connectivity index (χ4n) is 2.38. The molecule has 0 aliphatic carbocycles. The van der Waals surface area contributed by atoms with Gasteiger partial charge in [-0.1, -0.05) is 0 Å². The Morgan fingerprint density at radius 3 is 2.65 bits per heavy atom. The molecular formula is C16H19FN2O4. The smallest absolute Gasteiger partial charge is 0.309 e. The highest BCUT2D eigenvalue weighted by molar-refractivity contribution is 5.98. The van der Waals surface area contributed by atoms with Crippen LogP contribution in [0.25, 0.3) is 0 Å². The van der Waals surface area contributed by atoms with E-state index in [0.29, 0.717) is 25.1 Å². The van der Waals surface area contributed by atoms with E-state index in [1.54, 1.807) is 0 Å². The SMILES string of the molecule is CC(C)(CC(=O)Nc1ccc(F)c(N2CCCC2=O)c1)C(=O)O. The van der Waals surface area contributed by atoms with Gasteiger partial charge in [-0.2, -0.15) is 0 Å². The first kappa shape index (κ1) is 16.9. The van der Waals surface area contributed by atoms with Crippen LogP contribution in [0.2, 0.25) is 0 Å². The number of aliphatic carboxylic acids is 1. The second-order valence-corrected chi connectivity index (χ2v) is 6.23. The molecule has 7 heteroatoms. The molecule has 1 heterocycles. The molecule has 2 rings (SSSR count). The summed E-state index contributed by atoms with van der Waals surface area (Å²) in [5.41, 5.74) is -0.743. The zero-order chi connectivity index (χ0) is 17.2. The lowest BCUT2D eigenvalue weighted by Gasteiger charge is -2.20. The molecule has 124 valence electrons. The second kappa shape index (κ2) is 6.36. The van der Waals surface area contributed by atoms with Crippen molar-refractivity contribution in [2.75, 3.05) is 16.8 Å². The molecule has 0 atom stereocenters. The lowest BCUT2D eigenvalue weighted by molar-refractivity contribution is -0.149. The molecule has 0 radical (unpaired) electrons. The third-order valence-corrected chi connectivity index (χ3v) is 3.78. The van der Waals surface area contributed by atoms with E-state index in [1.807, 2.05) is 0 Å². The molecule has 23 heavy (non-hydrogen) atoms. The van der Waals surface area contributed by atoms with Crippen LogP contribution in [-0.4, -0.2) is 29.4 Å². The standard InChI is InChI=1S/C16H19FN2O4/c1-16(2,15(22)23)9-13(20)18-10-5-6-11(17)12(8-10)19-7-3-4-14(19)21/h5-6,8H,3-4,7,9H2,1-2H3,(H,18,20)(H,22,23). The largest absolute Gasteiger partial charge is 0.481 e. The van der Waals surface area contributed by atoms with Crippen molar-refractivity contribution in [3.63, 3.8) is 0 Å². The van der Waals surface area contributed by atoms with Gasteiger partial charge in [0.2, 0.25) is 11.8 Å². The Morgan fingerprint density at radius 2 is 2.09 bits per heavy atom. The molecule has 0 saturated carbocycles. The molecule has 0 spiro atoms. The van der Waals surface area contributed by atoms with Crippen molar-refractivity contribution in [2.45, 2.75) is 33.1 Å². The number of carbonyl (C=O) groups is 3. The quantitative estimate of drug-likeness (QED) is 0.871. The van der Waals surface area contributed by atoms with Crippen LogP contribution in [0.1, 0.15) is 33.1 Å². The van der Waals surface area contributed by atoms with Gasteiger partial charge in [0.1, 0.15) is 5.82 Å². The molecule has 1 aliphatic rings. The monoisotopic (exact) mass is 322 g/mol. The van der Waals surface area contributed by atoms with Gasteiger partial charge < -0.3 is 15.3 Å². The van der Waals surface area contributed by atoms with Gasteiger partial charge >= 0.3 is 5.97 Å². The number of halogens is 1. The second-order valence-electron chi connectivity index (χ2n) is 6.23. The van der Waals surface area contributed by atoms with Crippen molar-refractivity contribution in [3.05, 3.63) is 24.0 Å². The van der Waals surface area contributed by atoms with Crippen molar-refractivity contribution in [1.82, 2.24) is 0 Å². The molecule has 0 aromatic heterocycles. The van der Waals surface area contributed by atoms with E-state index >= 15 is 0 Å². The minimum absolute atomic E-state index is 0.128. The number of benzene rings is 1. The summed E-state index contributed by atoms with van der Waals surface area (Å²) in [5, 5.41) is 11.6. The number of hydrogen-bond donors (Lipinski definition) is 2. The number of hydrogen-bond acceptors (Lipinski definition) is 3. The van der Waals surface area contributed by atoms with Crippen LogP contribution >= 0.6 is 0 Å². The van der Waals surface area contributed by atoms with Gasteiger partial charge in [0.25, 0.3) is 0 Å². The zero-order valence-electron chi connectivity index (χ0n) is 13.1. The van der Waals surface area contributed by atoms with E-state index in [2.05, 4.69) is 5.32 Å². The summed E-state index contributed by atoms with van der Waals surface area (Å²) in [6, 6.07) is 3.95. The normalized spacial score (nSPS) is 14.9. The molecule has 0 unspecified atom stereocenters. The van der Waals surface area contributed by atoms with Crippen LogP contribution in [0, 0.1) is 11.2 Å². The van der Waals surface area contributed by atoms with Gasteiger partial charge in [0, 0.05) is 25.1 Å². The Kier molecular flexibility index (Phi) is 4.68. The molecule has 0 bridgehead atoms. The average Bonchev–Trinajstić information content (AvgIpc) is 2.86. The number of nitrogens with zero attached hydrogens (tertiary/aromatic N) is 1. The first-order valence-corrected chi connectivity index (χ1v) is 7.34. The van der Waals surface area contributed by atoms with Crippen LogP contribution in [0.4, 0.5) is 15.8 Å². The topological polar surface area (TPSA) is 86.7 Å². The molecule has 2 N–H and O–H groups in total. The first-order valence-electron chi connectivity index (χ1n) is 7.34. The summed E-state index contributed by atoms with van der Waals surface area (Å²) in [5.74, 6) is -2.25. The van der Waals surface area contributed by atoms with E-state index in [-0.39, 0.29) is 18.0 Å². The minimum atomic E-state index is -1.20. The number of anilines is 2. The van der Waals surface area contributed by atoms with Crippen LogP contribution in [0.5, 0.6) is 0 Å². The van der Waals surface area contributed by atoms with Crippen molar-refractivity contribution >= 4 is 29.2 Å². The number of amides is 2. The first-order chi connectivity index (χ1) is 10.7. The maximum atomic E-state index is 13.9. The molecule has 2 amide bonds. The summed E-state index contributed by atoms with van der Waals surface area (Å²) in [6.07, 6.45) is 0.835. The summed E-state index contributed by atoms with van der Waals surface area (Å²) in [7, 11) is 0. The van der Waals surface area contributed by atoms with Crippen molar-refractivity contribution in [3.8, 4) is 0 Å². The van der Waals surface area contributed by atoms with Crippen molar-refractivity contribution in [1.29, 1.82) is 0 Å². The zero-order valence-corrected chi connectivity index (χ0v) is 13.1. The van der Waals surface area contributed by atoms with Gasteiger partial charge in [0.05, 0.1) is 11.1 Å². The molecule has 1 aliphatic heterocycles. The summed E-state index contributed by atoms with van der Waals surface area (Å²) in [6.45, 7) is 3.35. The van der Waals surface area contributed by atoms with Gasteiger partial charge in [-0.05, 0) is 38.5 Å². The number of rotatable bonds is 5. The Bertz CT molecular complexity index is 657. The number of carbonyl (C=O) groups excluding carboxylic acids is 2. The number of nitrogens with one attached hydrogen (secondary N) is 1. The Labute approximate surface area is 133 Å². The maximum absolute atomic E-state index is 13.9. The lowest BCUT2D eigenvalue weighted by Crippen LogP contribution is -2.29. The number of carboxylic acid groups (broad SMARTS) is 1. The number of carboxylic acids is 1. The predicted octanol–water partition coefficient (Wildman–Crippen LogP) is 2.39.